The van der Waals surface area contributed by atoms with Gasteiger partial charge in [-0.2, -0.15) is 0 Å². The number of carbonyl (C=O) groups is 2. The highest BCUT2D eigenvalue weighted by Crippen LogP contribution is 2.22. The number of likely N-dealkylation sites (tertiary alicyclic amines) is 1. The fourth-order valence-electron chi connectivity index (χ4n) is 2.61. The van der Waals surface area contributed by atoms with Gasteiger partial charge in [-0.05, 0) is 32.6 Å². The molecule has 0 bridgehead atoms. The molecule has 1 fully saturated rings. The van der Waals surface area contributed by atoms with Crippen molar-refractivity contribution < 1.29 is 19.4 Å². The van der Waals surface area contributed by atoms with E-state index in [1.54, 1.807) is 12.0 Å². The molecular formula is C14H26N2O4. The van der Waals surface area contributed by atoms with Gasteiger partial charge in [0, 0.05) is 39.2 Å². The average Bonchev–Trinajstić information content (AvgIpc) is 2.46. The van der Waals surface area contributed by atoms with Gasteiger partial charge in [0.15, 0.2) is 0 Å². The summed E-state index contributed by atoms with van der Waals surface area (Å²) in [4.78, 5) is 26.9. The molecular weight excluding hydrogens is 260 g/mol. The van der Waals surface area contributed by atoms with Crippen molar-refractivity contribution in [2.75, 3.05) is 33.4 Å². The normalized spacial score (nSPS) is 18.9. The van der Waals surface area contributed by atoms with E-state index in [1.165, 1.54) is 0 Å². The van der Waals surface area contributed by atoms with Gasteiger partial charge in [-0.3, -0.25) is 4.79 Å². The van der Waals surface area contributed by atoms with Gasteiger partial charge < -0.3 is 19.6 Å². The summed E-state index contributed by atoms with van der Waals surface area (Å²) in [6.45, 7) is 4.42. The first-order valence-electron chi connectivity index (χ1n) is 7.36. The Morgan fingerprint density at radius 3 is 2.75 bits per heavy atom. The minimum Gasteiger partial charge on any atom is -0.481 e. The monoisotopic (exact) mass is 286 g/mol. The first kappa shape index (κ1) is 16.8. The van der Waals surface area contributed by atoms with E-state index in [0.717, 1.165) is 25.8 Å². The lowest BCUT2D eigenvalue weighted by molar-refractivity contribution is -0.137. The molecule has 1 rings (SSSR count). The number of likely N-dealkylation sites (N-methyl/N-ethyl adjacent to an activating group) is 1. The Morgan fingerprint density at radius 2 is 2.15 bits per heavy atom. The number of carboxylic acid groups (broad SMARTS) is 1. The molecule has 1 saturated heterocycles. The van der Waals surface area contributed by atoms with Crippen molar-refractivity contribution in [2.24, 2.45) is 0 Å². The number of amides is 2. The van der Waals surface area contributed by atoms with Crippen LogP contribution in [0.15, 0.2) is 0 Å². The van der Waals surface area contributed by atoms with Crippen LogP contribution in [0.1, 0.15) is 39.0 Å². The third kappa shape index (κ3) is 5.00. The third-order valence-corrected chi connectivity index (χ3v) is 3.78. The predicted molar refractivity (Wildman–Crippen MR) is 75.7 cm³/mol. The van der Waals surface area contributed by atoms with Crippen LogP contribution in [-0.4, -0.2) is 66.3 Å². The highest BCUT2D eigenvalue weighted by molar-refractivity contribution is 5.75. The van der Waals surface area contributed by atoms with Crippen LogP contribution in [0.5, 0.6) is 0 Å². The maximum Gasteiger partial charge on any atom is 0.320 e. The topological polar surface area (TPSA) is 70.1 Å². The van der Waals surface area contributed by atoms with Crippen LogP contribution in [0.25, 0.3) is 0 Å². The molecule has 0 spiro atoms. The molecule has 6 heteroatoms. The second kappa shape index (κ2) is 8.79. The third-order valence-electron chi connectivity index (χ3n) is 3.78. The van der Waals surface area contributed by atoms with Crippen LogP contribution in [0.2, 0.25) is 0 Å². The zero-order valence-electron chi connectivity index (χ0n) is 12.5. The van der Waals surface area contributed by atoms with E-state index in [4.69, 9.17) is 9.84 Å². The predicted octanol–water partition coefficient (Wildman–Crippen LogP) is 1.79. The zero-order valence-corrected chi connectivity index (χ0v) is 12.5. The molecule has 0 aromatic rings. The first-order valence-corrected chi connectivity index (χ1v) is 7.36. The number of hydrogen-bond acceptors (Lipinski definition) is 3. The van der Waals surface area contributed by atoms with Gasteiger partial charge in [-0.1, -0.05) is 0 Å². The number of ether oxygens (including phenoxy) is 1. The molecule has 2 amide bonds. The van der Waals surface area contributed by atoms with Crippen LogP contribution < -0.4 is 0 Å². The summed E-state index contributed by atoms with van der Waals surface area (Å²) in [5, 5.41) is 8.81. The second-order valence-electron chi connectivity index (χ2n) is 5.13. The van der Waals surface area contributed by atoms with Crippen LogP contribution >= 0.6 is 0 Å². The van der Waals surface area contributed by atoms with E-state index in [2.05, 4.69) is 0 Å². The summed E-state index contributed by atoms with van der Waals surface area (Å²) in [5.41, 5.74) is 0. The van der Waals surface area contributed by atoms with E-state index in [-0.39, 0.29) is 18.5 Å². The van der Waals surface area contributed by atoms with E-state index in [9.17, 15) is 9.59 Å². The lowest BCUT2D eigenvalue weighted by atomic mass is 9.98. The maximum absolute atomic E-state index is 12.5. The van der Waals surface area contributed by atoms with Gasteiger partial charge in [0.25, 0.3) is 0 Å². The lowest BCUT2D eigenvalue weighted by Gasteiger charge is -2.38. The Labute approximate surface area is 120 Å². The fraction of sp³-hybridized carbons (Fsp3) is 0.857. The molecule has 1 aliphatic heterocycles. The van der Waals surface area contributed by atoms with Crippen LogP contribution in [0.3, 0.4) is 0 Å². The zero-order chi connectivity index (χ0) is 15.0. The van der Waals surface area contributed by atoms with Crippen molar-refractivity contribution in [3.63, 3.8) is 0 Å². The number of methoxy groups -OCH3 is 1. The van der Waals surface area contributed by atoms with E-state index < -0.39 is 5.97 Å². The molecule has 0 aliphatic carbocycles. The van der Waals surface area contributed by atoms with Crippen LogP contribution in [-0.2, 0) is 9.53 Å². The van der Waals surface area contributed by atoms with Crippen LogP contribution in [0.4, 0.5) is 4.79 Å². The van der Waals surface area contributed by atoms with Gasteiger partial charge in [-0.15, -0.1) is 0 Å². The van der Waals surface area contributed by atoms with Gasteiger partial charge in [-0.25, -0.2) is 4.79 Å². The minimum absolute atomic E-state index is 0.0136. The van der Waals surface area contributed by atoms with Gasteiger partial charge in [0.05, 0.1) is 6.61 Å². The Bertz CT molecular complexity index is 322. The number of hydrogen-bond donors (Lipinski definition) is 1. The number of carboxylic acids is 1. The van der Waals surface area contributed by atoms with Crippen LogP contribution in [0, 0.1) is 0 Å². The largest absolute Gasteiger partial charge is 0.481 e. The quantitative estimate of drug-likeness (QED) is 0.774. The molecule has 0 saturated carbocycles. The summed E-state index contributed by atoms with van der Waals surface area (Å²) in [7, 11) is 1.62. The smallest absolute Gasteiger partial charge is 0.320 e. The number of rotatable bonds is 7. The molecule has 0 radical (unpaired) electrons. The van der Waals surface area contributed by atoms with Crippen molar-refractivity contribution >= 4 is 12.0 Å². The minimum atomic E-state index is -0.797. The van der Waals surface area contributed by atoms with Gasteiger partial charge in [0.1, 0.15) is 0 Å². The van der Waals surface area contributed by atoms with E-state index >= 15 is 0 Å². The Kier molecular flexibility index (Phi) is 7.36. The second-order valence-corrected chi connectivity index (χ2v) is 5.13. The number of carbonyl (C=O) groups excluding carboxylic acids is 1. The molecule has 1 aliphatic rings. The van der Waals surface area contributed by atoms with Gasteiger partial charge >= 0.3 is 12.0 Å². The Balaban J connectivity index is 2.62. The summed E-state index contributed by atoms with van der Waals surface area (Å²) in [5.74, 6) is -0.797. The van der Waals surface area contributed by atoms with Crippen molar-refractivity contribution in [3.05, 3.63) is 0 Å². The number of nitrogens with zero attached hydrogens (tertiary/aromatic N) is 2. The summed E-state index contributed by atoms with van der Waals surface area (Å²) >= 11 is 0. The Hall–Kier alpha value is -1.30. The highest BCUT2D eigenvalue weighted by atomic mass is 16.5. The Morgan fingerprint density at radius 1 is 1.40 bits per heavy atom. The summed E-state index contributed by atoms with van der Waals surface area (Å²) < 4.78 is 5.03. The number of aliphatic carboxylic acids is 1. The van der Waals surface area contributed by atoms with E-state index in [1.807, 2.05) is 11.8 Å². The molecule has 0 aromatic heterocycles. The summed E-state index contributed by atoms with van der Waals surface area (Å²) in [6, 6.07) is 0.0728. The molecule has 0 aromatic carbocycles. The van der Waals surface area contributed by atoms with Crippen molar-refractivity contribution in [2.45, 2.75) is 45.1 Å². The molecule has 6 nitrogen and oxygen atoms in total. The molecule has 20 heavy (non-hydrogen) atoms. The van der Waals surface area contributed by atoms with Gasteiger partial charge in [0.2, 0.25) is 0 Å². The highest BCUT2D eigenvalue weighted by Gasteiger charge is 2.29. The molecule has 1 unspecified atom stereocenters. The number of urea groups is 1. The molecule has 116 valence electrons. The van der Waals surface area contributed by atoms with Crippen molar-refractivity contribution in [1.82, 2.24) is 9.80 Å². The SMILES string of the molecule is CCN(CCOC)C(=O)N1CCCCC1CCC(=O)O. The van der Waals surface area contributed by atoms with Crippen molar-refractivity contribution in [3.8, 4) is 0 Å². The summed E-state index contributed by atoms with van der Waals surface area (Å²) in [6.07, 6.45) is 3.64. The molecule has 1 N–H and O–H groups in total. The molecule has 1 atom stereocenters. The number of piperidine rings is 1. The first-order chi connectivity index (χ1) is 9.60. The fourth-order valence-corrected chi connectivity index (χ4v) is 2.61. The van der Waals surface area contributed by atoms with E-state index in [0.29, 0.717) is 26.1 Å². The maximum atomic E-state index is 12.5. The lowest BCUT2D eigenvalue weighted by Crippen LogP contribution is -2.51. The standard InChI is InChI=1S/C14H26N2O4/c1-3-15(10-11-20-2)14(19)16-9-5-4-6-12(16)7-8-13(17)18/h12H,3-11H2,1-2H3,(H,17,18). The average molecular weight is 286 g/mol. The molecule has 1 heterocycles. The van der Waals surface area contributed by atoms with Crippen molar-refractivity contribution in [1.29, 1.82) is 0 Å².